The third kappa shape index (κ3) is 6.84. The molecule has 0 N–H and O–H groups in total. The molecule has 4 aromatic rings. The lowest BCUT2D eigenvalue weighted by Crippen LogP contribution is -1.80. The van der Waals surface area contributed by atoms with Crippen LogP contribution < -0.4 is 0 Å². The minimum Gasteiger partial charge on any atom is -0.0901 e. The second-order valence-electron chi connectivity index (χ2n) is 8.10. The smallest absolute Gasteiger partial charge is 0.0122 e. The molecule has 164 valence electrons. The second-order valence-corrected chi connectivity index (χ2v) is 9.24. The molecule has 0 heterocycles. The summed E-state index contributed by atoms with van der Waals surface area (Å²) in [5.41, 5.74) is 7.65. The van der Waals surface area contributed by atoms with Gasteiger partial charge in [-0.1, -0.05) is 123 Å². The van der Waals surface area contributed by atoms with E-state index in [4.69, 9.17) is 0 Å². The van der Waals surface area contributed by atoms with Crippen LogP contribution in [0.25, 0.3) is 24.3 Å². The molecule has 0 nitrogen and oxygen atoms in total. The average molecular weight is 447 g/mol. The van der Waals surface area contributed by atoms with Crippen LogP contribution in [0, 0.1) is 0 Å². The summed E-state index contributed by atoms with van der Waals surface area (Å²) in [6.45, 7) is 4.37. The lowest BCUT2D eigenvalue weighted by molar-refractivity contribution is 1.14. The van der Waals surface area contributed by atoms with E-state index in [-0.39, 0.29) is 0 Å². The molecule has 0 atom stereocenters. The SMILES string of the molecule is CCc1ccc(C=Cc2ccc(Sc3ccc(C=Cc4ccc(CC)cc4)cc3)cc2)cc1. The van der Waals surface area contributed by atoms with Gasteiger partial charge in [0.05, 0.1) is 0 Å². The van der Waals surface area contributed by atoms with Crippen LogP contribution in [0.3, 0.4) is 0 Å². The Morgan fingerprint density at radius 2 is 0.697 bits per heavy atom. The molecule has 33 heavy (non-hydrogen) atoms. The normalized spacial score (nSPS) is 11.5. The summed E-state index contributed by atoms with van der Waals surface area (Å²) >= 11 is 1.79. The van der Waals surface area contributed by atoms with Crippen molar-refractivity contribution >= 4 is 36.1 Å². The molecule has 0 aromatic heterocycles. The van der Waals surface area contributed by atoms with Crippen molar-refractivity contribution in [2.75, 3.05) is 0 Å². The summed E-state index contributed by atoms with van der Waals surface area (Å²) in [4.78, 5) is 2.50. The zero-order chi connectivity index (χ0) is 22.9. The highest BCUT2D eigenvalue weighted by molar-refractivity contribution is 7.99. The Balaban J connectivity index is 1.33. The summed E-state index contributed by atoms with van der Waals surface area (Å²) in [5.74, 6) is 0. The number of hydrogen-bond donors (Lipinski definition) is 0. The first-order valence-electron chi connectivity index (χ1n) is 11.6. The van der Waals surface area contributed by atoms with Gasteiger partial charge in [-0.25, -0.2) is 0 Å². The zero-order valence-corrected chi connectivity index (χ0v) is 20.2. The maximum absolute atomic E-state index is 2.20. The fourth-order valence-electron chi connectivity index (χ4n) is 3.54. The van der Waals surface area contributed by atoms with Gasteiger partial charge in [0.2, 0.25) is 0 Å². The maximum Gasteiger partial charge on any atom is 0.0122 e. The van der Waals surface area contributed by atoms with Crippen LogP contribution in [0.4, 0.5) is 0 Å². The molecule has 0 saturated heterocycles. The fourth-order valence-corrected chi connectivity index (χ4v) is 4.36. The molecule has 0 unspecified atom stereocenters. The van der Waals surface area contributed by atoms with E-state index in [1.807, 2.05) is 0 Å². The van der Waals surface area contributed by atoms with Crippen LogP contribution in [-0.4, -0.2) is 0 Å². The van der Waals surface area contributed by atoms with Crippen molar-refractivity contribution in [3.05, 3.63) is 130 Å². The Morgan fingerprint density at radius 1 is 0.424 bits per heavy atom. The van der Waals surface area contributed by atoms with Gasteiger partial charge in [0.1, 0.15) is 0 Å². The topological polar surface area (TPSA) is 0 Å². The van der Waals surface area contributed by atoms with Gasteiger partial charge < -0.3 is 0 Å². The average Bonchev–Trinajstić information content (AvgIpc) is 2.88. The van der Waals surface area contributed by atoms with Crippen molar-refractivity contribution in [2.24, 2.45) is 0 Å². The summed E-state index contributed by atoms with van der Waals surface area (Å²) < 4.78 is 0. The van der Waals surface area contributed by atoms with Crippen molar-refractivity contribution in [3.63, 3.8) is 0 Å². The molecule has 0 aliphatic rings. The Labute approximate surface area is 202 Å². The lowest BCUT2D eigenvalue weighted by Gasteiger charge is -2.03. The van der Waals surface area contributed by atoms with Crippen molar-refractivity contribution < 1.29 is 0 Å². The van der Waals surface area contributed by atoms with Gasteiger partial charge in [-0.2, -0.15) is 0 Å². The number of rotatable bonds is 8. The van der Waals surface area contributed by atoms with Crippen LogP contribution in [-0.2, 0) is 12.8 Å². The molecule has 0 radical (unpaired) electrons. The largest absolute Gasteiger partial charge is 0.0901 e. The third-order valence-electron chi connectivity index (χ3n) is 5.71. The van der Waals surface area contributed by atoms with Crippen LogP contribution in [0.15, 0.2) is 107 Å². The quantitative estimate of drug-likeness (QED) is 0.243. The molecule has 0 aliphatic heterocycles. The van der Waals surface area contributed by atoms with E-state index in [0.717, 1.165) is 12.8 Å². The minimum absolute atomic E-state index is 1.08. The van der Waals surface area contributed by atoms with Gasteiger partial charge in [0, 0.05) is 9.79 Å². The third-order valence-corrected chi connectivity index (χ3v) is 6.72. The van der Waals surface area contributed by atoms with Crippen molar-refractivity contribution in [2.45, 2.75) is 36.5 Å². The first-order valence-corrected chi connectivity index (χ1v) is 12.5. The number of hydrogen-bond acceptors (Lipinski definition) is 1. The fraction of sp³-hybridized carbons (Fsp3) is 0.125. The first kappa shape index (κ1) is 22.9. The van der Waals surface area contributed by atoms with Crippen molar-refractivity contribution in [1.82, 2.24) is 0 Å². The van der Waals surface area contributed by atoms with Crippen LogP contribution >= 0.6 is 11.8 Å². The van der Waals surface area contributed by atoms with E-state index in [1.165, 1.54) is 43.2 Å². The summed E-state index contributed by atoms with van der Waals surface area (Å²) in [6.07, 6.45) is 10.8. The van der Waals surface area contributed by atoms with E-state index < -0.39 is 0 Å². The Bertz CT molecular complexity index is 1090. The second kappa shape index (κ2) is 11.5. The molecular formula is C32H30S. The van der Waals surface area contributed by atoms with E-state index in [2.05, 4.69) is 135 Å². The Morgan fingerprint density at radius 3 is 0.970 bits per heavy atom. The van der Waals surface area contributed by atoms with Crippen LogP contribution in [0.2, 0.25) is 0 Å². The van der Waals surface area contributed by atoms with Crippen molar-refractivity contribution in [1.29, 1.82) is 0 Å². The van der Waals surface area contributed by atoms with Gasteiger partial charge in [-0.3, -0.25) is 0 Å². The van der Waals surface area contributed by atoms with E-state index in [0.29, 0.717) is 0 Å². The number of aryl methyl sites for hydroxylation is 2. The molecule has 0 aliphatic carbocycles. The monoisotopic (exact) mass is 446 g/mol. The summed E-state index contributed by atoms with van der Waals surface area (Å²) in [6, 6.07) is 35.0. The van der Waals surface area contributed by atoms with Gasteiger partial charge in [0.25, 0.3) is 0 Å². The molecule has 0 fully saturated rings. The molecule has 0 saturated carbocycles. The Hall–Kier alpha value is -3.29. The Kier molecular flexibility index (Phi) is 8.00. The number of benzene rings is 4. The van der Waals surface area contributed by atoms with Crippen LogP contribution in [0.5, 0.6) is 0 Å². The van der Waals surface area contributed by atoms with Gasteiger partial charge >= 0.3 is 0 Å². The summed E-state index contributed by atoms with van der Waals surface area (Å²) in [5, 5.41) is 0. The molecule has 0 bridgehead atoms. The molecule has 0 amide bonds. The van der Waals surface area contributed by atoms with Gasteiger partial charge in [0.15, 0.2) is 0 Å². The predicted octanol–water partition coefficient (Wildman–Crippen LogP) is 9.30. The molecule has 0 spiro atoms. The predicted molar refractivity (Wildman–Crippen MR) is 147 cm³/mol. The van der Waals surface area contributed by atoms with E-state index >= 15 is 0 Å². The minimum atomic E-state index is 1.08. The highest BCUT2D eigenvalue weighted by atomic mass is 32.2. The van der Waals surface area contributed by atoms with Gasteiger partial charge in [-0.05, 0) is 70.5 Å². The van der Waals surface area contributed by atoms with E-state index in [9.17, 15) is 0 Å². The first-order chi connectivity index (χ1) is 16.2. The standard InChI is InChI=1S/C32H30S/c1-3-25-5-9-27(10-6-25)13-15-29-17-21-31(22-18-29)33-32-23-19-30(20-24-32)16-14-28-11-7-26(4-2)8-12-28/h5-24H,3-4H2,1-2H3. The molecule has 4 aromatic carbocycles. The molecule has 4 rings (SSSR count). The summed E-state index contributed by atoms with van der Waals surface area (Å²) in [7, 11) is 0. The highest BCUT2D eigenvalue weighted by Crippen LogP contribution is 2.28. The highest BCUT2D eigenvalue weighted by Gasteiger charge is 1.98. The van der Waals surface area contributed by atoms with Crippen molar-refractivity contribution in [3.8, 4) is 0 Å². The molecule has 1 heteroatoms. The molecular weight excluding hydrogens is 416 g/mol. The van der Waals surface area contributed by atoms with E-state index in [1.54, 1.807) is 11.8 Å². The van der Waals surface area contributed by atoms with Gasteiger partial charge in [-0.15, -0.1) is 0 Å². The zero-order valence-electron chi connectivity index (χ0n) is 19.4. The maximum atomic E-state index is 2.20. The van der Waals surface area contributed by atoms with Crippen LogP contribution in [0.1, 0.15) is 47.2 Å². The lowest BCUT2D eigenvalue weighted by atomic mass is 10.1.